The van der Waals surface area contributed by atoms with Crippen molar-refractivity contribution in [3.05, 3.63) is 0 Å². The van der Waals surface area contributed by atoms with Crippen molar-refractivity contribution in [1.82, 2.24) is 10.2 Å². The zero-order valence-electron chi connectivity index (χ0n) is 8.69. The van der Waals surface area contributed by atoms with E-state index in [1.54, 1.807) is 0 Å². The second-order valence-electron chi connectivity index (χ2n) is 4.89. The number of carbonyl (C=O) groups is 1. The minimum Gasteiger partial charge on any atom is -0.340 e. The molecule has 2 saturated heterocycles. The first kappa shape index (κ1) is 11.2. The van der Waals surface area contributed by atoms with Crippen LogP contribution in [0.15, 0.2) is 0 Å². The molecular formula is C10H18ClN3O. The van der Waals surface area contributed by atoms with E-state index in [2.05, 4.69) is 5.32 Å². The molecule has 0 bridgehead atoms. The lowest BCUT2D eigenvalue weighted by atomic mass is 10.1. The average Bonchev–Trinajstić information content (AvgIpc) is 2.64. The van der Waals surface area contributed by atoms with Crippen molar-refractivity contribution < 1.29 is 4.79 Å². The van der Waals surface area contributed by atoms with E-state index >= 15 is 0 Å². The molecule has 86 valence electrons. The van der Waals surface area contributed by atoms with Crippen LogP contribution in [0.25, 0.3) is 0 Å². The summed E-state index contributed by atoms with van der Waals surface area (Å²) < 4.78 is 0. The predicted molar refractivity (Wildman–Crippen MR) is 59.9 cm³/mol. The van der Waals surface area contributed by atoms with Gasteiger partial charge in [-0.15, -0.1) is 12.4 Å². The molecule has 0 aromatic rings. The zero-order chi connectivity index (χ0) is 9.71. The average molecular weight is 232 g/mol. The van der Waals surface area contributed by atoms with Crippen molar-refractivity contribution in [1.29, 1.82) is 0 Å². The Hall–Kier alpha value is -0.320. The first-order chi connectivity index (χ1) is 6.74. The smallest absolute Gasteiger partial charge is 0.239 e. The van der Waals surface area contributed by atoms with Gasteiger partial charge in [0, 0.05) is 25.2 Å². The van der Waals surface area contributed by atoms with Gasteiger partial charge in [0.2, 0.25) is 5.91 Å². The molecule has 3 aliphatic rings. The molecule has 0 radical (unpaired) electrons. The second-order valence-corrected chi connectivity index (χ2v) is 4.89. The maximum absolute atomic E-state index is 12.0. The summed E-state index contributed by atoms with van der Waals surface area (Å²) in [7, 11) is 0. The van der Waals surface area contributed by atoms with Crippen molar-refractivity contribution in [3.8, 4) is 0 Å². The molecule has 0 aromatic carbocycles. The molecule has 0 spiro atoms. The highest BCUT2D eigenvalue weighted by Gasteiger charge is 2.48. The van der Waals surface area contributed by atoms with E-state index in [4.69, 9.17) is 5.73 Å². The van der Waals surface area contributed by atoms with Crippen molar-refractivity contribution >= 4 is 18.3 Å². The SMILES string of the molecule is Cl.NC1CCN(C(=O)[C@@H]2C[C@H]3C[C@H]3N2)C1. The van der Waals surface area contributed by atoms with Crippen LogP contribution >= 0.6 is 12.4 Å². The van der Waals surface area contributed by atoms with Crippen LogP contribution in [0.5, 0.6) is 0 Å². The maximum Gasteiger partial charge on any atom is 0.239 e. The highest BCUT2D eigenvalue weighted by atomic mass is 35.5. The van der Waals surface area contributed by atoms with Gasteiger partial charge in [-0.3, -0.25) is 4.79 Å². The summed E-state index contributed by atoms with van der Waals surface area (Å²) in [6.07, 6.45) is 3.30. The molecule has 4 nitrogen and oxygen atoms in total. The lowest BCUT2D eigenvalue weighted by molar-refractivity contribution is -0.132. The first-order valence-electron chi connectivity index (χ1n) is 5.54. The van der Waals surface area contributed by atoms with E-state index in [0.717, 1.165) is 31.8 Å². The standard InChI is InChI=1S/C10H17N3O.ClH/c11-7-1-2-13(5-7)10(14)9-4-6-3-8(6)12-9;/h6-9,12H,1-5,11H2;1H/t6-,7?,8-,9+;/m1./s1. The summed E-state index contributed by atoms with van der Waals surface area (Å²) in [4.78, 5) is 13.9. The first-order valence-corrected chi connectivity index (χ1v) is 5.54. The minimum atomic E-state index is 0. The summed E-state index contributed by atoms with van der Waals surface area (Å²) in [6.45, 7) is 1.61. The van der Waals surface area contributed by atoms with E-state index in [1.807, 2.05) is 4.90 Å². The third-order valence-corrected chi connectivity index (χ3v) is 3.71. The lowest BCUT2D eigenvalue weighted by Crippen LogP contribution is -2.44. The molecule has 5 heteroatoms. The van der Waals surface area contributed by atoms with Crippen molar-refractivity contribution in [2.24, 2.45) is 11.7 Å². The minimum absolute atomic E-state index is 0. The molecular weight excluding hydrogens is 214 g/mol. The third kappa shape index (κ3) is 1.98. The van der Waals surface area contributed by atoms with Crippen LogP contribution in [0.1, 0.15) is 19.3 Å². The zero-order valence-corrected chi connectivity index (χ0v) is 9.50. The summed E-state index contributed by atoms with van der Waals surface area (Å²) in [6, 6.07) is 0.958. The van der Waals surface area contributed by atoms with E-state index in [0.29, 0.717) is 6.04 Å². The van der Waals surface area contributed by atoms with Crippen LogP contribution in [0.3, 0.4) is 0 Å². The summed E-state index contributed by atoms with van der Waals surface area (Å²) in [5.74, 6) is 1.07. The number of nitrogens with one attached hydrogen (secondary N) is 1. The van der Waals surface area contributed by atoms with Gasteiger partial charge in [0.05, 0.1) is 6.04 Å². The Labute approximate surface area is 96.0 Å². The fourth-order valence-electron chi connectivity index (χ4n) is 2.72. The second kappa shape index (κ2) is 3.92. The van der Waals surface area contributed by atoms with Gasteiger partial charge in [0.25, 0.3) is 0 Å². The number of hydrogen-bond donors (Lipinski definition) is 2. The fraction of sp³-hybridized carbons (Fsp3) is 0.900. The molecule has 1 saturated carbocycles. The van der Waals surface area contributed by atoms with Crippen LogP contribution in [0, 0.1) is 5.92 Å². The molecule has 2 aliphatic heterocycles. The van der Waals surface area contributed by atoms with Gasteiger partial charge in [0.1, 0.15) is 0 Å². The molecule has 3 fully saturated rings. The van der Waals surface area contributed by atoms with E-state index < -0.39 is 0 Å². The summed E-state index contributed by atoms with van der Waals surface area (Å²) in [5.41, 5.74) is 5.78. The Morgan fingerprint density at radius 3 is 2.73 bits per heavy atom. The highest BCUT2D eigenvalue weighted by Crippen LogP contribution is 2.41. The molecule has 15 heavy (non-hydrogen) atoms. The van der Waals surface area contributed by atoms with Gasteiger partial charge < -0.3 is 16.0 Å². The van der Waals surface area contributed by atoms with Gasteiger partial charge in [-0.1, -0.05) is 0 Å². The maximum atomic E-state index is 12.0. The van der Waals surface area contributed by atoms with Crippen LogP contribution < -0.4 is 11.1 Å². The lowest BCUT2D eigenvalue weighted by Gasteiger charge is -2.21. The highest BCUT2D eigenvalue weighted by molar-refractivity contribution is 5.85. The van der Waals surface area contributed by atoms with Crippen molar-refractivity contribution in [2.75, 3.05) is 13.1 Å². The summed E-state index contributed by atoms with van der Waals surface area (Å²) in [5, 5.41) is 3.39. The van der Waals surface area contributed by atoms with Crippen molar-refractivity contribution in [3.63, 3.8) is 0 Å². The van der Waals surface area contributed by atoms with Gasteiger partial charge >= 0.3 is 0 Å². The quantitative estimate of drug-likeness (QED) is 0.653. The molecule has 3 N–H and O–H groups in total. The Morgan fingerprint density at radius 1 is 1.40 bits per heavy atom. The van der Waals surface area contributed by atoms with Crippen molar-refractivity contribution in [2.45, 2.75) is 37.4 Å². The topological polar surface area (TPSA) is 58.4 Å². The normalized spacial score (nSPS) is 42.3. The van der Waals surface area contributed by atoms with E-state index in [1.165, 1.54) is 6.42 Å². The number of fused-ring (bicyclic) bond motifs is 1. The van der Waals surface area contributed by atoms with E-state index in [9.17, 15) is 4.79 Å². The van der Waals surface area contributed by atoms with Crippen LogP contribution in [-0.4, -0.2) is 42.0 Å². The van der Waals surface area contributed by atoms with Gasteiger partial charge in [-0.25, -0.2) is 0 Å². The Morgan fingerprint density at radius 2 is 2.20 bits per heavy atom. The number of nitrogens with two attached hydrogens (primary N) is 1. The van der Waals surface area contributed by atoms with Gasteiger partial charge in [-0.2, -0.15) is 0 Å². The number of rotatable bonds is 1. The Kier molecular flexibility index (Phi) is 2.92. The fourth-order valence-corrected chi connectivity index (χ4v) is 2.72. The Balaban J connectivity index is 0.000000853. The molecule has 4 atom stereocenters. The number of carbonyl (C=O) groups excluding carboxylic acids is 1. The van der Waals surface area contributed by atoms with Gasteiger partial charge in [-0.05, 0) is 25.2 Å². The number of halogens is 1. The number of likely N-dealkylation sites (tertiary alicyclic amines) is 1. The molecule has 1 amide bonds. The molecule has 2 heterocycles. The number of hydrogen-bond acceptors (Lipinski definition) is 3. The number of nitrogens with zero attached hydrogens (tertiary/aromatic N) is 1. The van der Waals surface area contributed by atoms with Crippen LogP contribution in [0.4, 0.5) is 0 Å². The summed E-state index contributed by atoms with van der Waals surface area (Å²) >= 11 is 0. The molecule has 1 aliphatic carbocycles. The molecule has 3 rings (SSSR count). The van der Waals surface area contributed by atoms with E-state index in [-0.39, 0.29) is 30.4 Å². The van der Waals surface area contributed by atoms with Crippen LogP contribution in [0.2, 0.25) is 0 Å². The third-order valence-electron chi connectivity index (χ3n) is 3.71. The molecule has 0 aromatic heterocycles. The number of amides is 1. The van der Waals surface area contributed by atoms with Gasteiger partial charge in [0.15, 0.2) is 0 Å². The monoisotopic (exact) mass is 231 g/mol. The largest absolute Gasteiger partial charge is 0.340 e. The predicted octanol–water partition coefficient (Wildman–Crippen LogP) is -0.282. The Bertz CT molecular complexity index is 254. The van der Waals surface area contributed by atoms with Crippen LogP contribution in [-0.2, 0) is 4.79 Å². The number of piperidine rings is 1. The molecule has 1 unspecified atom stereocenters.